The summed E-state index contributed by atoms with van der Waals surface area (Å²) < 4.78 is 12.9. The van der Waals surface area contributed by atoms with Crippen LogP contribution >= 0.6 is 11.9 Å². The van der Waals surface area contributed by atoms with Crippen molar-refractivity contribution in [2.45, 2.75) is 18.1 Å². The van der Waals surface area contributed by atoms with Crippen LogP contribution in [0.5, 0.6) is 5.75 Å². The lowest BCUT2D eigenvalue weighted by molar-refractivity contribution is 0.417. The molecule has 2 aromatic heterocycles. The zero-order valence-corrected chi connectivity index (χ0v) is 16.2. The van der Waals surface area contributed by atoms with Gasteiger partial charge in [-0.25, -0.2) is 0 Å². The molecule has 1 aliphatic heterocycles. The number of nitrogens with one attached hydrogen (secondary N) is 1. The van der Waals surface area contributed by atoms with E-state index in [1.54, 1.807) is 19.1 Å². The second-order valence-corrected chi connectivity index (χ2v) is 7.71. The molecule has 0 radical (unpaired) electrons. The van der Waals surface area contributed by atoms with Gasteiger partial charge in [0.15, 0.2) is 5.82 Å². The first-order chi connectivity index (χ1) is 12.7. The normalized spacial score (nSPS) is 15.6. The predicted octanol–water partition coefficient (Wildman–Crippen LogP) is 3.04. The molecule has 3 heterocycles. The summed E-state index contributed by atoms with van der Waals surface area (Å²) >= 11 is 1.79. The van der Waals surface area contributed by atoms with Gasteiger partial charge in [-0.3, -0.25) is 9.36 Å². The first kappa shape index (κ1) is 17.1. The fraction of sp³-hybridized carbons (Fsp3) is 0.444. The van der Waals surface area contributed by atoms with Gasteiger partial charge >= 0.3 is 0 Å². The highest BCUT2D eigenvalue weighted by Crippen LogP contribution is 2.36. The Morgan fingerprint density at radius 3 is 2.69 bits per heavy atom. The van der Waals surface area contributed by atoms with E-state index in [-0.39, 0.29) is 0 Å². The molecule has 0 saturated carbocycles. The third kappa shape index (κ3) is 3.21. The number of methoxy groups -OCH3 is 1. The number of hydrogen-bond acceptors (Lipinski definition) is 6. The topological polar surface area (TPSA) is 60.1 Å². The molecule has 0 amide bonds. The van der Waals surface area contributed by atoms with Crippen LogP contribution in [0.1, 0.15) is 12.8 Å². The summed E-state index contributed by atoms with van der Waals surface area (Å²) in [7, 11) is 5.63. The lowest BCUT2D eigenvalue weighted by Gasteiger charge is -2.31. The Balaban J connectivity index is 1.42. The number of ether oxygens (including phenoxy) is 1. The molecule has 7 nitrogen and oxygen atoms in total. The Morgan fingerprint density at radius 2 is 2.00 bits per heavy atom. The molecular weight excluding hydrogens is 348 g/mol. The molecule has 1 aliphatic rings. The SMILES string of the molecule is COc1ccc2cnn(C)c2c1NSC1CCN(c2ccn(C)n2)CC1. The largest absolute Gasteiger partial charge is 0.494 e. The second kappa shape index (κ2) is 7.11. The highest BCUT2D eigenvalue weighted by molar-refractivity contribution is 8.01. The van der Waals surface area contributed by atoms with Gasteiger partial charge in [0.1, 0.15) is 11.4 Å². The Kier molecular flexibility index (Phi) is 4.67. The van der Waals surface area contributed by atoms with Crippen molar-refractivity contribution in [1.82, 2.24) is 19.6 Å². The average molecular weight is 372 g/mol. The summed E-state index contributed by atoms with van der Waals surface area (Å²) in [4.78, 5) is 2.36. The summed E-state index contributed by atoms with van der Waals surface area (Å²) in [5.74, 6) is 1.92. The van der Waals surface area contributed by atoms with Crippen LogP contribution in [0, 0.1) is 0 Å². The van der Waals surface area contributed by atoms with Gasteiger partial charge in [0.25, 0.3) is 0 Å². The van der Waals surface area contributed by atoms with Crippen molar-refractivity contribution in [2.24, 2.45) is 14.1 Å². The van der Waals surface area contributed by atoms with E-state index in [1.807, 2.05) is 48.0 Å². The lowest BCUT2D eigenvalue weighted by atomic mass is 10.1. The van der Waals surface area contributed by atoms with E-state index in [2.05, 4.69) is 25.9 Å². The third-order valence-electron chi connectivity index (χ3n) is 4.88. The Hall–Kier alpha value is -2.35. The minimum atomic E-state index is 0.558. The molecule has 1 N–H and O–H groups in total. The van der Waals surface area contributed by atoms with Gasteiger partial charge in [0, 0.05) is 50.1 Å². The number of hydrogen-bond donors (Lipinski definition) is 1. The van der Waals surface area contributed by atoms with E-state index in [1.165, 1.54) is 0 Å². The maximum Gasteiger partial charge on any atom is 0.150 e. The van der Waals surface area contributed by atoms with Crippen LogP contribution in [0.25, 0.3) is 10.9 Å². The second-order valence-electron chi connectivity index (χ2n) is 6.60. The van der Waals surface area contributed by atoms with Crippen molar-refractivity contribution in [3.8, 4) is 5.75 Å². The standard InChI is InChI=1S/C18H24N6OS/c1-22-9-8-16(20-22)24-10-6-14(7-11-24)26-21-17-15(25-3)5-4-13-12-19-23(2)18(13)17/h4-5,8-9,12,14,21H,6-7,10-11H2,1-3H3. The van der Waals surface area contributed by atoms with Crippen LogP contribution in [0.4, 0.5) is 11.5 Å². The van der Waals surface area contributed by atoms with E-state index >= 15 is 0 Å². The molecule has 138 valence electrons. The highest BCUT2D eigenvalue weighted by Gasteiger charge is 2.22. The fourth-order valence-corrected chi connectivity index (χ4v) is 4.36. The van der Waals surface area contributed by atoms with Gasteiger partial charge in [-0.2, -0.15) is 10.2 Å². The maximum absolute atomic E-state index is 5.56. The van der Waals surface area contributed by atoms with Gasteiger partial charge in [-0.15, -0.1) is 0 Å². The lowest BCUT2D eigenvalue weighted by Crippen LogP contribution is -2.35. The number of rotatable bonds is 5. The van der Waals surface area contributed by atoms with Crippen molar-refractivity contribution >= 4 is 34.4 Å². The molecule has 1 fully saturated rings. The zero-order chi connectivity index (χ0) is 18.1. The summed E-state index contributed by atoms with van der Waals surface area (Å²) in [5, 5.41) is 10.5. The number of benzene rings is 1. The van der Waals surface area contributed by atoms with Crippen LogP contribution in [0.15, 0.2) is 30.6 Å². The maximum atomic E-state index is 5.56. The number of aromatic nitrogens is 4. The minimum Gasteiger partial charge on any atom is -0.494 e. The number of nitrogens with zero attached hydrogens (tertiary/aromatic N) is 5. The quantitative estimate of drug-likeness (QED) is 0.695. The molecule has 3 aromatic rings. The number of anilines is 2. The summed E-state index contributed by atoms with van der Waals surface area (Å²) in [6.07, 6.45) is 6.13. The third-order valence-corrected chi connectivity index (χ3v) is 6.00. The van der Waals surface area contributed by atoms with Gasteiger partial charge < -0.3 is 14.4 Å². The van der Waals surface area contributed by atoms with E-state index in [4.69, 9.17) is 4.74 Å². The Labute approximate surface area is 157 Å². The average Bonchev–Trinajstić information content (AvgIpc) is 3.26. The van der Waals surface area contributed by atoms with Gasteiger partial charge in [-0.1, -0.05) is 0 Å². The Morgan fingerprint density at radius 1 is 1.19 bits per heavy atom. The van der Waals surface area contributed by atoms with Crippen LogP contribution < -0.4 is 14.4 Å². The molecule has 0 unspecified atom stereocenters. The molecule has 1 saturated heterocycles. The van der Waals surface area contributed by atoms with Crippen LogP contribution in [0.3, 0.4) is 0 Å². The van der Waals surface area contributed by atoms with Gasteiger partial charge in [-0.05, 0) is 36.9 Å². The smallest absolute Gasteiger partial charge is 0.150 e. The summed E-state index contributed by atoms with van der Waals surface area (Å²) in [6.45, 7) is 2.06. The molecule has 0 atom stereocenters. The molecule has 8 heteroatoms. The summed E-state index contributed by atoms with van der Waals surface area (Å²) in [6, 6.07) is 6.12. The summed E-state index contributed by atoms with van der Waals surface area (Å²) in [5.41, 5.74) is 2.07. The number of fused-ring (bicyclic) bond motifs is 1. The van der Waals surface area contributed by atoms with E-state index in [9.17, 15) is 0 Å². The van der Waals surface area contributed by atoms with Crippen molar-refractivity contribution in [1.29, 1.82) is 0 Å². The number of piperidine rings is 1. The highest BCUT2D eigenvalue weighted by atomic mass is 32.2. The molecule has 26 heavy (non-hydrogen) atoms. The first-order valence-corrected chi connectivity index (χ1v) is 9.68. The van der Waals surface area contributed by atoms with Crippen LogP contribution in [0.2, 0.25) is 0 Å². The van der Waals surface area contributed by atoms with Crippen molar-refractivity contribution in [3.63, 3.8) is 0 Å². The monoisotopic (exact) mass is 372 g/mol. The molecule has 0 aliphatic carbocycles. The first-order valence-electron chi connectivity index (χ1n) is 8.80. The zero-order valence-electron chi connectivity index (χ0n) is 15.3. The molecule has 0 bridgehead atoms. The van der Waals surface area contributed by atoms with E-state index in [0.717, 1.165) is 54.1 Å². The molecular formula is C18H24N6OS. The molecule has 0 spiro atoms. The Bertz CT molecular complexity index is 896. The van der Waals surface area contributed by atoms with Gasteiger partial charge in [0.05, 0.1) is 18.8 Å². The van der Waals surface area contributed by atoms with Crippen LogP contribution in [-0.2, 0) is 14.1 Å². The van der Waals surface area contributed by atoms with Crippen molar-refractivity contribution in [3.05, 3.63) is 30.6 Å². The van der Waals surface area contributed by atoms with E-state index in [0.29, 0.717) is 5.25 Å². The van der Waals surface area contributed by atoms with Gasteiger partial charge in [0.2, 0.25) is 0 Å². The predicted molar refractivity (Wildman–Crippen MR) is 107 cm³/mol. The fourth-order valence-electron chi connectivity index (χ4n) is 3.43. The van der Waals surface area contributed by atoms with Crippen molar-refractivity contribution < 1.29 is 4.74 Å². The van der Waals surface area contributed by atoms with Crippen molar-refractivity contribution in [2.75, 3.05) is 29.8 Å². The molecule has 4 rings (SSSR count). The van der Waals surface area contributed by atoms with Crippen LogP contribution in [-0.4, -0.2) is 45.0 Å². The van der Waals surface area contributed by atoms with E-state index < -0.39 is 0 Å². The molecule has 1 aromatic carbocycles. The minimum absolute atomic E-state index is 0.558. The number of aryl methyl sites for hydroxylation is 2.